The van der Waals surface area contributed by atoms with Crippen LogP contribution in [0.2, 0.25) is 0 Å². The molecular weight excluding hydrogens is 336 g/mol. The molecule has 2 aromatic rings. The highest BCUT2D eigenvalue weighted by Gasteiger charge is 2.30. The number of sulfonamides is 1. The van der Waals surface area contributed by atoms with Gasteiger partial charge in [-0.25, -0.2) is 13.1 Å². The van der Waals surface area contributed by atoms with E-state index in [0.29, 0.717) is 18.1 Å². The van der Waals surface area contributed by atoms with Crippen molar-refractivity contribution in [2.24, 2.45) is 5.92 Å². The van der Waals surface area contributed by atoms with E-state index in [1.807, 2.05) is 32.0 Å². The number of aromatic nitrogens is 1. The van der Waals surface area contributed by atoms with Gasteiger partial charge in [-0.05, 0) is 67.5 Å². The standard InChI is InChI=1S/C19H24N2O3S/c1-14-5-6-18(12-15(14)2)25(22,23)21-19(16-7-10-24-11-8-16)17-4-3-9-20-13-17/h3-6,9,12-13,16,19,21H,7-8,10-11H2,1-2H3. The topological polar surface area (TPSA) is 68.3 Å². The van der Waals surface area contributed by atoms with Crippen molar-refractivity contribution in [1.29, 1.82) is 0 Å². The van der Waals surface area contributed by atoms with Crippen molar-refractivity contribution in [3.8, 4) is 0 Å². The van der Waals surface area contributed by atoms with Crippen molar-refractivity contribution in [3.05, 3.63) is 59.4 Å². The molecule has 25 heavy (non-hydrogen) atoms. The summed E-state index contributed by atoms with van der Waals surface area (Å²) in [5, 5.41) is 0. The Bertz CT molecular complexity index is 816. The van der Waals surface area contributed by atoms with Crippen molar-refractivity contribution in [2.45, 2.75) is 37.6 Å². The van der Waals surface area contributed by atoms with Crippen LogP contribution in [0.5, 0.6) is 0 Å². The van der Waals surface area contributed by atoms with Crippen molar-refractivity contribution in [1.82, 2.24) is 9.71 Å². The molecule has 5 nitrogen and oxygen atoms in total. The van der Waals surface area contributed by atoms with Gasteiger partial charge >= 0.3 is 0 Å². The second-order valence-electron chi connectivity index (χ2n) is 6.58. The van der Waals surface area contributed by atoms with Crippen LogP contribution in [-0.2, 0) is 14.8 Å². The Morgan fingerprint density at radius 2 is 1.92 bits per heavy atom. The number of hydrogen-bond acceptors (Lipinski definition) is 4. The summed E-state index contributed by atoms with van der Waals surface area (Å²) in [6.07, 6.45) is 5.09. The van der Waals surface area contributed by atoms with Gasteiger partial charge in [-0.15, -0.1) is 0 Å². The molecular formula is C19H24N2O3S. The van der Waals surface area contributed by atoms with Crippen LogP contribution in [0, 0.1) is 19.8 Å². The fourth-order valence-electron chi connectivity index (χ4n) is 3.16. The van der Waals surface area contributed by atoms with E-state index in [1.54, 1.807) is 24.5 Å². The second-order valence-corrected chi connectivity index (χ2v) is 8.30. The molecule has 0 aliphatic carbocycles. The van der Waals surface area contributed by atoms with Crippen LogP contribution in [-0.4, -0.2) is 26.6 Å². The van der Waals surface area contributed by atoms with Crippen molar-refractivity contribution >= 4 is 10.0 Å². The number of hydrogen-bond donors (Lipinski definition) is 1. The highest BCUT2D eigenvalue weighted by atomic mass is 32.2. The summed E-state index contributed by atoms with van der Waals surface area (Å²) in [7, 11) is -3.61. The molecule has 0 bridgehead atoms. The lowest BCUT2D eigenvalue weighted by Crippen LogP contribution is -2.36. The van der Waals surface area contributed by atoms with E-state index < -0.39 is 10.0 Å². The van der Waals surface area contributed by atoms with Crippen molar-refractivity contribution in [2.75, 3.05) is 13.2 Å². The molecule has 2 heterocycles. The Morgan fingerprint density at radius 1 is 1.16 bits per heavy atom. The maximum atomic E-state index is 13.0. The summed E-state index contributed by atoms with van der Waals surface area (Å²) >= 11 is 0. The van der Waals surface area contributed by atoms with Gasteiger partial charge in [0.25, 0.3) is 0 Å². The minimum absolute atomic E-state index is 0.194. The van der Waals surface area contributed by atoms with Crippen LogP contribution in [0.4, 0.5) is 0 Å². The molecule has 1 N–H and O–H groups in total. The molecule has 3 rings (SSSR count). The number of aryl methyl sites for hydroxylation is 2. The van der Waals surface area contributed by atoms with Gasteiger partial charge in [-0.1, -0.05) is 12.1 Å². The molecule has 0 spiro atoms. The summed E-state index contributed by atoms with van der Waals surface area (Å²) in [6.45, 7) is 5.21. The van der Waals surface area contributed by atoms with Crippen LogP contribution >= 0.6 is 0 Å². The SMILES string of the molecule is Cc1ccc(S(=O)(=O)NC(c2cccnc2)C2CCOCC2)cc1C. The predicted octanol–water partition coefficient (Wildman–Crippen LogP) is 3.14. The predicted molar refractivity (Wildman–Crippen MR) is 96.8 cm³/mol. The monoisotopic (exact) mass is 360 g/mol. The van der Waals surface area contributed by atoms with Gasteiger partial charge in [0.05, 0.1) is 10.9 Å². The summed E-state index contributed by atoms with van der Waals surface area (Å²) in [5.74, 6) is 0.194. The normalized spacial score (nSPS) is 17.4. The molecule has 6 heteroatoms. The van der Waals surface area contributed by atoms with Gasteiger partial charge in [0.15, 0.2) is 0 Å². The Morgan fingerprint density at radius 3 is 2.56 bits per heavy atom. The van der Waals surface area contributed by atoms with Crippen LogP contribution in [0.3, 0.4) is 0 Å². The number of nitrogens with one attached hydrogen (secondary N) is 1. The Kier molecular flexibility index (Phi) is 5.51. The molecule has 1 aliphatic heterocycles. The molecule has 1 atom stereocenters. The van der Waals surface area contributed by atoms with Gasteiger partial charge in [-0.3, -0.25) is 4.98 Å². The molecule has 134 valence electrons. The zero-order valence-electron chi connectivity index (χ0n) is 14.6. The lowest BCUT2D eigenvalue weighted by Gasteiger charge is -2.31. The zero-order valence-corrected chi connectivity index (χ0v) is 15.4. The number of ether oxygens (including phenoxy) is 1. The minimum atomic E-state index is -3.61. The third-order valence-corrected chi connectivity index (χ3v) is 6.29. The van der Waals surface area contributed by atoms with Gasteiger partial charge < -0.3 is 4.74 Å². The molecule has 1 saturated heterocycles. The molecule has 0 radical (unpaired) electrons. The van der Waals surface area contributed by atoms with E-state index in [-0.39, 0.29) is 12.0 Å². The van der Waals surface area contributed by atoms with Gasteiger partial charge in [0.2, 0.25) is 10.0 Å². The molecule has 0 amide bonds. The van der Waals surface area contributed by atoms with Crippen LogP contribution < -0.4 is 4.72 Å². The fourth-order valence-corrected chi connectivity index (χ4v) is 4.54. The second kappa shape index (κ2) is 7.64. The van der Waals surface area contributed by atoms with E-state index in [4.69, 9.17) is 4.74 Å². The van der Waals surface area contributed by atoms with E-state index in [1.165, 1.54) is 0 Å². The summed E-state index contributed by atoms with van der Waals surface area (Å²) in [6, 6.07) is 8.69. The first-order valence-corrected chi connectivity index (χ1v) is 10.0. The Hall–Kier alpha value is -1.76. The summed E-state index contributed by atoms with van der Waals surface area (Å²) < 4.78 is 34.3. The largest absolute Gasteiger partial charge is 0.381 e. The van der Waals surface area contributed by atoms with Crippen LogP contribution in [0.25, 0.3) is 0 Å². The maximum Gasteiger partial charge on any atom is 0.241 e. The van der Waals surface area contributed by atoms with E-state index >= 15 is 0 Å². The first kappa shape index (κ1) is 18.0. The molecule has 1 aromatic heterocycles. The first-order valence-electron chi connectivity index (χ1n) is 8.54. The highest BCUT2D eigenvalue weighted by Crippen LogP contribution is 2.31. The van der Waals surface area contributed by atoms with E-state index in [0.717, 1.165) is 29.5 Å². The van der Waals surface area contributed by atoms with Gasteiger partial charge in [-0.2, -0.15) is 0 Å². The quantitative estimate of drug-likeness (QED) is 0.889. The molecule has 1 unspecified atom stereocenters. The van der Waals surface area contributed by atoms with Crippen molar-refractivity contribution in [3.63, 3.8) is 0 Å². The average Bonchev–Trinajstić information content (AvgIpc) is 2.63. The van der Waals surface area contributed by atoms with E-state index in [2.05, 4.69) is 9.71 Å². The maximum absolute atomic E-state index is 13.0. The Labute approximate surface area is 149 Å². The van der Waals surface area contributed by atoms with Gasteiger partial charge in [0.1, 0.15) is 0 Å². The third kappa shape index (κ3) is 4.26. The number of pyridine rings is 1. The molecule has 1 fully saturated rings. The summed E-state index contributed by atoms with van der Waals surface area (Å²) in [4.78, 5) is 4.47. The van der Waals surface area contributed by atoms with Crippen molar-refractivity contribution < 1.29 is 13.2 Å². The number of nitrogens with zero attached hydrogens (tertiary/aromatic N) is 1. The smallest absolute Gasteiger partial charge is 0.241 e. The lowest BCUT2D eigenvalue weighted by atomic mass is 9.88. The lowest BCUT2D eigenvalue weighted by molar-refractivity contribution is 0.0564. The summed E-state index contributed by atoms with van der Waals surface area (Å²) in [5.41, 5.74) is 2.93. The first-order chi connectivity index (χ1) is 12.0. The zero-order chi connectivity index (χ0) is 17.9. The molecule has 1 aromatic carbocycles. The number of rotatable bonds is 5. The Balaban J connectivity index is 1.92. The minimum Gasteiger partial charge on any atom is -0.381 e. The highest BCUT2D eigenvalue weighted by molar-refractivity contribution is 7.89. The fraction of sp³-hybridized carbons (Fsp3) is 0.421. The number of benzene rings is 1. The van der Waals surface area contributed by atoms with Crippen LogP contribution in [0.15, 0.2) is 47.6 Å². The van der Waals surface area contributed by atoms with Gasteiger partial charge in [0, 0.05) is 25.6 Å². The van der Waals surface area contributed by atoms with E-state index in [9.17, 15) is 8.42 Å². The molecule has 1 aliphatic rings. The average molecular weight is 360 g/mol. The van der Waals surface area contributed by atoms with Crippen LogP contribution in [0.1, 0.15) is 35.6 Å². The molecule has 0 saturated carbocycles. The third-order valence-electron chi connectivity index (χ3n) is 4.85.